The Morgan fingerprint density at radius 1 is 1.24 bits per heavy atom. The van der Waals surface area contributed by atoms with Crippen molar-refractivity contribution in [2.45, 2.75) is 33.1 Å². The highest BCUT2D eigenvalue weighted by molar-refractivity contribution is 7.91. The average molecular weight is 316 g/mol. The third-order valence-electron chi connectivity index (χ3n) is 4.53. The highest BCUT2D eigenvalue weighted by Gasteiger charge is 2.52. The minimum atomic E-state index is -3.07. The number of imide groups is 2. The number of carbonyl (C=O) groups is 3. The Bertz CT molecular complexity index is 579. The van der Waals surface area contributed by atoms with Gasteiger partial charge >= 0.3 is 6.03 Å². The van der Waals surface area contributed by atoms with Crippen molar-refractivity contribution in [3.05, 3.63) is 0 Å². The van der Waals surface area contributed by atoms with Crippen LogP contribution in [-0.2, 0) is 19.4 Å². The van der Waals surface area contributed by atoms with E-state index in [1.807, 2.05) is 0 Å². The molecule has 1 N–H and O–H groups in total. The smallest absolute Gasteiger partial charge is 0.277 e. The first-order chi connectivity index (χ1) is 9.75. The number of carbonyl (C=O) groups excluding carboxylic acids is 3. The SMILES string of the molecule is CCC1(CC)C(=O)NC(=O)N(CC2CCS(=O)(=O)C2)C1=O. The van der Waals surface area contributed by atoms with Gasteiger partial charge in [0, 0.05) is 6.54 Å². The summed E-state index contributed by atoms with van der Waals surface area (Å²) in [6, 6.07) is -0.744. The van der Waals surface area contributed by atoms with Crippen molar-refractivity contribution in [2.75, 3.05) is 18.1 Å². The van der Waals surface area contributed by atoms with Crippen molar-refractivity contribution in [2.24, 2.45) is 11.3 Å². The maximum atomic E-state index is 12.6. The van der Waals surface area contributed by atoms with Crippen LogP contribution in [-0.4, -0.2) is 49.2 Å². The lowest BCUT2D eigenvalue weighted by molar-refractivity contribution is -0.152. The molecular weight excluding hydrogens is 296 g/mol. The molecule has 0 saturated carbocycles. The van der Waals surface area contributed by atoms with E-state index in [2.05, 4.69) is 5.32 Å². The van der Waals surface area contributed by atoms with Gasteiger partial charge in [-0.25, -0.2) is 13.2 Å². The molecule has 2 fully saturated rings. The van der Waals surface area contributed by atoms with Crippen molar-refractivity contribution in [1.29, 1.82) is 0 Å². The molecule has 0 aliphatic carbocycles. The van der Waals surface area contributed by atoms with Gasteiger partial charge in [0.1, 0.15) is 5.41 Å². The highest BCUT2D eigenvalue weighted by atomic mass is 32.2. The first kappa shape index (κ1) is 15.9. The molecule has 0 aromatic heterocycles. The highest BCUT2D eigenvalue weighted by Crippen LogP contribution is 2.33. The van der Waals surface area contributed by atoms with Crippen LogP contribution in [0, 0.1) is 11.3 Å². The monoisotopic (exact) mass is 316 g/mol. The molecule has 0 aromatic rings. The summed E-state index contributed by atoms with van der Waals surface area (Å²) in [4.78, 5) is 37.5. The van der Waals surface area contributed by atoms with Gasteiger partial charge in [-0.15, -0.1) is 0 Å². The molecule has 4 amide bonds. The van der Waals surface area contributed by atoms with Crippen molar-refractivity contribution in [3.8, 4) is 0 Å². The topological polar surface area (TPSA) is 101 Å². The Balaban J connectivity index is 2.21. The van der Waals surface area contributed by atoms with Crippen molar-refractivity contribution in [1.82, 2.24) is 10.2 Å². The number of amides is 4. The molecule has 2 aliphatic rings. The number of sulfone groups is 1. The number of nitrogens with zero attached hydrogens (tertiary/aromatic N) is 1. The summed E-state index contributed by atoms with van der Waals surface area (Å²) in [7, 11) is -3.07. The summed E-state index contributed by atoms with van der Waals surface area (Å²) in [5.74, 6) is -1.23. The molecule has 8 heteroatoms. The first-order valence-corrected chi connectivity index (χ1v) is 8.95. The normalized spacial score (nSPS) is 27.8. The van der Waals surface area contributed by atoms with E-state index in [1.165, 1.54) is 0 Å². The van der Waals surface area contributed by atoms with Gasteiger partial charge in [-0.3, -0.25) is 19.8 Å². The zero-order valence-electron chi connectivity index (χ0n) is 12.2. The van der Waals surface area contributed by atoms with Gasteiger partial charge in [0.05, 0.1) is 11.5 Å². The van der Waals surface area contributed by atoms with E-state index in [4.69, 9.17) is 0 Å². The van der Waals surface area contributed by atoms with E-state index in [0.717, 1.165) is 4.90 Å². The summed E-state index contributed by atoms with van der Waals surface area (Å²) in [6.07, 6.45) is 1.06. The zero-order chi connectivity index (χ0) is 15.8. The van der Waals surface area contributed by atoms with Crippen LogP contribution in [0.15, 0.2) is 0 Å². The molecule has 2 rings (SSSR count). The summed E-state index contributed by atoms with van der Waals surface area (Å²) in [5.41, 5.74) is -1.22. The zero-order valence-corrected chi connectivity index (χ0v) is 13.0. The van der Waals surface area contributed by atoms with Gasteiger partial charge in [-0.05, 0) is 25.2 Å². The van der Waals surface area contributed by atoms with E-state index in [9.17, 15) is 22.8 Å². The molecule has 118 valence electrons. The molecule has 0 aromatic carbocycles. The van der Waals surface area contributed by atoms with Crippen molar-refractivity contribution in [3.63, 3.8) is 0 Å². The fourth-order valence-corrected chi connectivity index (χ4v) is 4.89. The van der Waals surface area contributed by atoms with Crippen LogP contribution >= 0.6 is 0 Å². The fraction of sp³-hybridized carbons (Fsp3) is 0.769. The van der Waals surface area contributed by atoms with E-state index in [0.29, 0.717) is 19.3 Å². The minimum absolute atomic E-state index is 0.0107. The molecule has 21 heavy (non-hydrogen) atoms. The molecular formula is C13H20N2O5S. The molecule has 0 bridgehead atoms. The number of barbiturate groups is 1. The molecule has 1 atom stereocenters. The van der Waals surface area contributed by atoms with Gasteiger partial charge in [0.15, 0.2) is 9.84 Å². The Hall–Kier alpha value is -1.44. The largest absolute Gasteiger partial charge is 0.330 e. The molecule has 1 unspecified atom stereocenters. The summed E-state index contributed by atoms with van der Waals surface area (Å²) >= 11 is 0. The second kappa shape index (κ2) is 5.40. The molecule has 2 heterocycles. The quantitative estimate of drug-likeness (QED) is 0.752. The summed E-state index contributed by atoms with van der Waals surface area (Å²) < 4.78 is 23.0. The number of hydrogen-bond donors (Lipinski definition) is 1. The molecule has 2 aliphatic heterocycles. The second-order valence-corrected chi connectivity index (χ2v) is 7.96. The lowest BCUT2D eigenvalue weighted by Crippen LogP contribution is -2.64. The van der Waals surface area contributed by atoms with Gasteiger partial charge in [-0.2, -0.15) is 0 Å². The van der Waals surface area contributed by atoms with Gasteiger partial charge in [0.25, 0.3) is 0 Å². The van der Waals surface area contributed by atoms with E-state index < -0.39 is 33.1 Å². The molecule has 0 radical (unpaired) electrons. The van der Waals surface area contributed by atoms with E-state index in [1.54, 1.807) is 13.8 Å². The van der Waals surface area contributed by atoms with Crippen LogP contribution in [0.3, 0.4) is 0 Å². The average Bonchev–Trinajstić information content (AvgIpc) is 2.75. The van der Waals surface area contributed by atoms with Crippen LogP contribution in [0.1, 0.15) is 33.1 Å². The Morgan fingerprint density at radius 2 is 1.86 bits per heavy atom. The summed E-state index contributed by atoms with van der Waals surface area (Å²) in [6.45, 7) is 3.52. The predicted octanol–water partition coefficient (Wildman–Crippen LogP) is 0.306. The lowest BCUT2D eigenvalue weighted by Gasteiger charge is -2.39. The van der Waals surface area contributed by atoms with Crippen LogP contribution in [0.25, 0.3) is 0 Å². The number of nitrogens with one attached hydrogen (secondary N) is 1. The van der Waals surface area contributed by atoms with Crippen molar-refractivity contribution < 1.29 is 22.8 Å². The van der Waals surface area contributed by atoms with Gasteiger partial charge in [-0.1, -0.05) is 13.8 Å². The molecule has 2 saturated heterocycles. The Kier molecular flexibility index (Phi) is 4.10. The number of hydrogen-bond acceptors (Lipinski definition) is 5. The predicted molar refractivity (Wildman–Crippen MR) is 75.0 cm³/mol. The summed E-state index contributed by atoms with van der Waals surface area (Å²) in [5, 5.41) is 2.23. The fourth-order valence-electron chi connectivity index (χ4n) is 3.05. The molecule has 7 nitrogen and oxygen atoms in total. The van der Waals surface area contributed by atoms with Crippen LogP contribution in [0.2, 0.25) is 0 Å². The number of urea groups is 1. The standard InChI is InChI=1S/C13H20N2O5S/c1-3-13(4-2)10(16)14-12(18)15(11(13)17)7-9-5-6-21(19,20)8-9/h9H,3-8H2,1-2H3,(H,14,16,18). The minimum Gasteiger partial charge on any atom is -0.277 e. The van der Waals surface area contributed by atoms with E-state index in [-0.39, 0.29) is 24.0 Å². The Morgan fingerprint density at radius 3 is 2.33 bits per heavy atom. The van der Waals surface area contributed by atoms with Crippen LogP contribution in [0.4, 0.5) is 4.79 Å². The van der Waals surface area contributed by atoms with Crippen LogP contribution < -0.4 is 5.32 Å². The lowest BCUT2D eigenvalue weighted by atomic mass is 9.78. The second-order valence-electron chi connectivity index (χ2n) is 5.73. The van der Waals surface area contributed by atoms with Crippen molar-refractivity contribution >= 4 is 27.7 Å². The third kappa shape index (κ3) is 2.68. The first-order valence-electron chi connectivity index (χ1n) is 7.13. The third-order valence-corrected chi connectivity index (χ3v) is 6.37. The van der Waals surface area contributed by atoms with E-state index >= 15 is 0 Å². The van der Waals surface area contributed by atoms with Gasteiger partial charge < -0.3 is 0 Å². The maximum absolute atomic E-state index is 12.6. The maximum Gasteiger partial charge on any atom is 0.330 e. The Labute approximate surface area is 124 Å². The van der Waals surface area contributed by atoms with Crippen LogP contribution in [0.5, 0.6) is 0 Å². The van der Waals surface area contributed by atoms with Gasteiger partial charge in [0.2, 0.25) is 11.8 Å². The molecule has 0 spiro atoms. The number of rotatable bonds is 4.